The third-order valence-electron chi connectivity index (χ3n) is 2.67. The highest BCUT2D eigenvalue weighted by molar-refractivity contribution is 5.89. The van der Waals surface area contributed by atoms with Crippen molar-refractivity contribution in [3.63, 3.8) is 0 Å². The third kappa shape index (κ3) is 2.05. The SMILES string of the molecule is CCN(C(=O)C1CC1C(=O)O)C(C)C. The highest BCUT2D eigenvalue weighted by Crippen LogP contribution is 2.40. The molecule has 0 spiro atoms. The van der Waals surface area contributed by atoms with E-state index in [1.165, 1.54) is 0 Å². The summed E-state index contributed by atoms with van der Waals surface area (Å²) in [6, 6.07) is 0.155. The van der Waals surface area contributed by atoms with Crippen molar-refractivity contribution in [3.05, 3.63) is 0 Å². The molecule has 4 heteroatoms. The summed E-state index contributed by atoms with van der Waals surface area (Å²) < 4.78 is 0. The highest BCUT2D eigenvalue weighted by Gasteiger charge is 2.49. The van der Waals surface area contributed by atoms with Gasteiger partial charge in [-0.25, -0.2) is 0 Å². The molecule has 1 saturated carbocycles. The summed E-state index contributed by atoms with van der Waals surface area (Å²) in [5, 5.41) is 8.69. The standard InChI is InChI=1S/C10H17NO3/c1-4-11(6(2)3)9(12)7-5-8(7)10(13)14/h6-8H,4-5H2,1-3H3,(H,13,14). The molecule has 1 aliphatic carbocycles. The maximum atomic E-state index is 11.8. The largest absolute Gasteiger partial charge is 0.481 e. The Kier molecular flexibility index (Phi) is 3.13. The lowest BCUT2D eigenvalue weighted by molar-refractivity contribution is -0.142. The van der Waals surface area contributed by atoms with E-state index in [1.807, 2.05) is 20.8 Å². The van der Waals surface area contributed by atoms with Gasteiger partial charge in [-0.15, -0.1) is 0 Å². The zero-order valence-electron chi connectivity index (χ0n) is 8.86. The summed E-state index contributed by atoms with van der Waals surface area (Å²) in [6.07, 6.45) is 0.511. The van der Waals surface area contributed by atoms with E-state index in [-0.39, 0.29) is 17.9 Å². The first kappa shape index (κ1) is 11.0. The van der Waals surface area contributed by atoms with Gasteiger partial charge in [-0.1, -0.05) is 0 Å². The van der Waals surface area contributed by atoms with Crippen molar-refractivity contribution < 1.29 is 14.7 Å². The van der Waals surface area contributed by atoms with Crippen LogP contribution in [0.25, 0.3) is 0 Å². The molecule has 0 bridgehead atoms. The van der Waals surface area contributed by atoms with Crippen LogP contribution in [0.2, 0.25) is 0 Å². The van der Waals surface area contributed by atoms with Crippen LogP contribution < -0.4 is 0 Å². The molecule has 0 aliphatic heterocycles. The smallest absolute Gasteiger partial charge is 0.307 e. The second kappa shape index (κ2) is 3.98. The summed E-state index contributed by atoms with van der Waals surface area (Å²) in [5.74, 6) is -1.55. The molecule has 1 amide bonds. The van der Waals surface area contributed by atoms with Gasteiger partial charge in [0.05, 0.1) is 11.8 Å². The van der Waals surface area contributed by atoms with Crippen LogP contribution in [0.1, 0.15) is 27.2 Å². The first-order valence-corrected chi connectivity index (χ1v) is 5.02. The number of hydrogen-bond acceptors (Lipinski definition) is 2. The molecule has 14 heavy (non-hydrogen) atoms. The van der Waals surface area contributed by atoms with Crippen molar-refractivity contribution in [2.24, 2.45) is 11.8 Å². The molecular formula is C10H17NO3. The molecule has 1 aliphatic rings. The number of carboxylic acid groups (broad SMARTS) is 1. The Labute approximate surface area is 83.9 Å². The fourth-order valence-electron chi connectivity index (χ4n) is 1.73. The van der Waals surface area contributed by atoms with Gasteiger partial charge in [-0.3, -0.25) is 9.59 Å². The number of hydrogen-bond donors (Lipinski definition) is 1. The van der Waals surface area contributed by atoms with Gasteiger partial charge in [-0.05, 0) is 27.2 Å². The van der Waals surface area contributed by atoms with Gasteiger partial charge < -0.3 is 10.0 Å². The number of carbonyl (C=O) groups is 2. The average Bonchev–Trinajstić information content (AvgIpc) is 2.82. The lowest BCUT2D eigenvalue weighted by Crippen LogP contribution is -2.38. The summed E-state index contributed by atoms with van der Waals surface area (Å²) >= 11 is 0. The zero-order valence-corrected chi connectivity index (χ0v) is 8.86. The summed E-state index contributed by atoms with van der Waals surface area (Å²) in [7, 11) is 0. The quantitative estimate of drug-likeness (QED) is 0.733. The normalized spacial score (nSPS) is 24.9. The lowest BCUT2D eigenvalue weighted by Gasteiger charge is -2.25. The Hall–Kier alpha value is -1.06. The van der Waals surface area contributed by atoms with Gasteiger partial charge >= 0.3 is 5.97 Å². The topological polar surface area (TPSA) is 57.6 Å². The average molecular weight is 199 g/mol. The minimum Gasteiger partial charge on any atom is -0.481 e. The van der Waals surface area contributed by atoms with Crippen LogP contribution >= 0.6 is 0 Å². The van der Waals surface area contributed by atoms with Crippen molar-refractivity contribution in [1.29, 1.82) is 0 Å². The summed E-state index contributed by atoms with van der Waals surface area (Å²) in [4.78, 5) is 24.1. The maximum absolute atomic E-state index is 11.8. The number of carboxylic acids is 1. The molecule has 0 radical (unpaired) electrons. The summed E-state index contributed by atoms with van der Waals surface area (Å²) in [6.45, 7) is 6.45. The van der Waals surface area contributed by atoms with E-state index in [0.29, 0.717) is 13.0 Å². The summed E-state index contributed by atoms with van der Waals surface area (Å²) in [5.41, 5.74) is 0. The van der Waals surface area contributed by atoms with Crippen LogP contribution in [0.4, 0.5) is 0 Å². The zero-order chi connectivity index (χ0) is 10.9. The van der Waals surface area contributed by atoms with E-state index in [9.17, 15) is 9.59 Å². The van der Waals surface area contributed by atoms with E-state index in [4.69, 9.17) is 5.11 Å². The monoisotopic (exact) mass is 199 g/mol. The van der Waals surface area contributed by atoms with Crippen LogP contribution in [0.3, 0.4) is 0 Å². The number of rotatable bonds is 4. The van der Waals surface area contributed by atoms with Gasteiger partial charge in [0.2, 0.25) is 5.91 Å². The first-order valence-electron chi connectivity index (χ1n) is 5.02. The molecule has 0 saturated heterocycles. The molecule has 4 nitrogen and oxygen atoms in total. The predicted molar refractivity (Wildman–Crippen MR) is 51.8 cm³/mol. The van der Waals surface area contributed by atoms with Crippen LogP contribution in [0, 0.1) is 11.8 Å². The Morgan fingerprint density at radius 1 is 1.43 bits per heavy atom. The second-order valence-corrected chi connectivity index (χ2v) is 4.00. The van der Waals surface area contributed by atoms with Crippen molar-refractivity contribution >= 4 is 11.9 Å². The molecule has 0 aromatic heterocycles. The molecule has 1 fully saturated rings. The molecule has 2 atom stereocenters. The fourth-order valence-corrected chi connectivity index (χ4v) is 1.73. The van der Waals surface area contributed by atoms with Crippen LogP contribution in [0.5, 0.6) is 0 Å². The van der Waals surface area contributed by atoms with Gasteiger partial charge in [-0.2, -0.15) is 0 Å². The molecule has 80 valence electrons. The minimum absolute atomic E-state index is 0.00472. The van der Waals surface area contributed by atoms with Crippen LogP contribution in [-0.4, -0.2) is 34.5 Å². The van der Waals surface area contributed by atoms with E-state index in [1.54, 1.807) is 4.90 Å². The number of aliphatic carboxylic acids is 1. The number of amides is 1. The Morgan fingerprint density at radius 2 is 2.00 bits per heavy atom. The van der Waals surface area contributed by atoms with E-state index < -0.39 is 11.9 Å². The number of nitrogens with zero attached hydrogens (tertiary/aromatic N) is 1. The van der Waals surface area contributed by atoms with Gasteiger partial charge in [0.15, 0.2) is 0 Å². The molecule has 1 rings (SSSR count). The van der Waals surface area contributed by atoms with Crippen molar-refractivity contribution in [2.75, 3.05) is 6.54 Å². The van der Waals surface area contributed by atoms with E-state index in [0.717, 1.165) is 0 Å². The van der Waals surface area contributed by atoms with Crippen molar-refractivity contribution in [2.45, 2.75) is 33.2 Å². The predicted octanol–water partition coefficient (Wildman–Crippen LogP) is 0.964. The van der Waals surface area contributed by atoms with E-state index in [2.05, 4.69) is 0 Å². The van der Waals surface area contributed by atoms with Gasteiger partial charge in [0.1, 0.15) is 0 Å². The third-order valence-corrected chi connectivity index (χ3v) is 2.67. The molecule has 0 heterocycles. The van der Waals surface area contributed by atoms with Crippen LogP contribution in [-0.2, 0) is 9.59 Å². The van der Waals surface area contributed by atoms with Crippen LogP contribution in [0.15, 0.2) is 0 Å². The molecular weight excluding hydrogens is 182 g/mol. The van der Waals surface area contributed by atoms with Gasteiger partial charge in [0.25, 0.3) is 0 Å². The molecule has 0 aromatic carbocycles. The first-order chi connectivity index (χ1) is 6.49. The lowest BCUT2D eigenvalue weighted by atomic mass is 10.2. The molecule has 2 unspecified atom stereocenters. The Balaban J connectivity index is 2.54. The van der Waals surface area contributed by atoms with Crippen molar-refractivity contribution in [1.82, 2.24) is 4.90 Å². The Bertz CT molecular complexity index is 250. The fraction of sp³-hybridized carbons (Fsp3) is 0.800. The Morgan fingerprint density at radius 3 is 2.29 bits per heavy atom. The van der Waals surface area contributed by atoms with Gasteiger partial charge in [0, 0.05) is 12.6 Å². The highest BCUT2D eigenvalue weighted by atomic mass is 16.4. The van der Waals surface area contributed by atoms with Crippen molar-refractivity contribution in [3.8, 4) is 0 Å². The molecule has 0 aromatic rings. The van der Waals surface area contributed by atoms with E-state index >= 15 is 0 Å². The number of carbonyl (C=O) groups excluding carboxylic acids is 1. The second-order valence-electron chi connectivity index (χ2n) is 4.00. The maximum Gasteiger partial charge on any atom is 0.307 e. The minimum atomic E-state index is -0.844. The molecule has 1 N–H and O–H groups in total.